The van der Waals surface area contributed by atoms with Gasteiger partial charge in [-0.25, -0.2) is 13.6 Å². The van der Waals surface area contributed by atoms with Gasteiger partial charge in [0.25, 0.3) is 0 Å². The number of aromatic hydroxyl groups is 1. The molecule has 0 saturated heterocycles. The van der Waals surface area contributed by atoms with Crippen molar-refractivity contribution in [3.63, 3.8) is 0 Å². The quantitative estimate of drug-likeness (QED) is 0.805. The zero-order valence-corrected chi connectivity index (χ0v) is 9.80. The lowest BCUT2D eigenvalue weighted by atomic mass is 10.0. The van der Waals surface area contributed by atoms with Gasteiger partial charge in [0.2, 0.25) is 10.0 Å². The third-order valence-corrected chi connectivity index (χ3v) is 3.22. The number of hydrogen-bond acceptors (Lipinski definition) is 3. The van der Waals surface area contributed by atoms with E-state index in [-0.39, 0.29) is 16.6 Å². The van der Waals surface area contributed by atoms with E-state index < -0.39 is 10.0 Å². The van der Waals surface area contributed by atoms with Crippen molar-refractivity contribution in [2.45, 2.75) is 31.6 Å². The molecule has 0 unspecified atom stereocenters. The summed E-state index contributed by atoms with van der Waals surface area (Å²) in [6, 6.07) is 2.86. The van der Waals surface area contributed by atoms with Gasteiger partial charge >= 0.3 is 0 Å². The highest BCUT2D eigenvalue weighted by Gasteiger charge is 2.18. The maximum atomic E-state index is 11.3. The summed E-state index contributed by atoms with van der Waals surface area (Å²) in [5.41, 5.74) is 1.05. The lowest BCUT2D eigenvalue weighted by Gasteiger charge is -2.13. The van der Waals surface area contributed by atoms with E-state index in [9.17, 15) is 13.5 Å². The van der Waals surface area contributed by atoms with Gasteiger partial charge in [0.15, 0.2) is 0 Å². The molecule has 0 aliphatic heterocycles. The number of hydrogen-bond donors (Lipinski definition) is 2. The van der Waals surface area contributed by atoms with Crippen LogP contribution in [0, 0.1) is 6.92 Å². The van der Waals surface area contributed by atoms with E-state index in [1.807, 2.05) is 13.8 Å². The van der Waals surface area contributed by atoms with Crippen LogP contribution < -0.4 is 5.14 Å². The largest absolute Gasteiger partial charge is 0.508 e. The highest BCUT2D eigenvalue weighted by Crippen LogP contribution is 2.29. The fourth-order valence-corrected chi connectivity index (χ4v) is 2.35. The summed E-state index contributed by atoms with van der Waals surface area (Å²) in [6.07, 6.45) is 0. The molecule has 0 fully saturated rings. The van der Waals surface area contributed by atoms with E-state index in [2.05, 4.69) is 0 Å². The molecular formula is C10H15NO3S. The third-order valence-electron chi connectivity index (χ3n) is 2.26. The Labute approximate surface area is 89.8 Å². The Balaban J connectivity index is 3.56. The van der Waals surface area contributed by atoms with Crippen LogP contribution in [0.5, 0.6) is 5.75 Å². The second-order valence-corrected chi connectivity index (χ2v) is 5.41. The van der Waals surface area contributed by atoms with Gasteiger partial charge < -0.3 is 5.11 Å². The van der Waals surface area contributed by atoms with Gasteiger partial charge in [0.05, 0.1) is 4.90 Å². The van der Waals surface area contributed by atoms with Crippen LogP contribution in [-0.2, 0) is 10.0 Å². The van der Waals surface area contributed by atoms with Crippen molar-refractivity contribution in [3.05, 3.63) is 23.3 Å². The van der Waals surface area contributed by atoms with Crippen molar-refractivity contribution in [3.8, 4) is 5.75 Å². The number of aryl methyl sites for hydroxylation is 1. The molecule has 1 rings (SSSR count). The molecule has 0 saturated carbocycles. The normalized spacial score (nSPS) is 12.1. The van der Waals surface area contributed by atoms with E-state index in [0.29, 0.717) is 11.1 Å². The van der Waals surface area contributed by atoms with Crippen LogP contribution in [0.4, 0.5) is 0 Å². The molecule has 15 heavy (non-hydrogen) atoms. The van der Waals surface area contributed by atoms with Gasteiger partial charge in [-0.2, -0.15) is 0 Å². The van der Waals surface area contributed by atoms with Gasteiger partial charge in [-0.15, -0.1) is 0 Å². The van der Waals surface area contributed by atoms with Crippen LogP contribution >= 0.6 is 0 Å². The van der Waals surface area contributed by atoms with Crippen LogP contribution in [-0.4, -0.2) is 13.5 Å². The minimum atomic E-state index is -3.73. The van der Waals surface area contributed by atoms with Gasteiger partial charge in [-0.05, 0) is 36.1 Å². The Bertz CT molecular complexity index is 478. The SMILES string of the molecule is Cc1cc(S(N)(=O)=O)c(C(C)C)cc1O. The molecule has 4 nitrogen and oxygen atoms in total. The first-order valence-electron chi connectivity index (χ1n) is 4.59. The third kappa shape index (κ3) is 2.49. The minimum absolute atomic E-state index is 0.00942. The van der Waals surface area contributed by atoms with Crippen molar-refractivity contribution in [2.75, 3.05) is 0 Å². The Hall–Kier alpha value is -1.07. The predicted molar refractivity (Wildman–Crippen MR) is 58.3 cm³/mol. The molecule has 5 heteroatoms. The Morgan fingerprint density at radius 1 is 1.33 bits per heavy atom. The highest BCUT2D eigenvalue weighted by atomic mass is 32.2. The molecule has 0 atom stereocenters. The molecular weight excluding hydrogens is 214 g/mol. The molecule has 0 aromatic heterocycles. The van der Waals surface area contributed by atoms with Gasteiger partial charge in [-0.1, -0.05) is 13.8 Å². The Morgan fingerprint density at radius 3 is 2.27 bits per heavy atom. The molecule has 0 amide bonds. The minimum Gasteiger partial charge on any atom is -0.508 e. The topological polar surface area (TPSA) is 80.4 Å². The van der Waals surface area contributed by atoms with Crippen LogP contribution in [0.1, 0.15) is 30.9 Å². The first-order chi connectivity index (χ1) is 6.73. The molecule has 0 heterocycles. The monoisotopic (exact) mass is 229 g/mol. The lowest BCUT2D eigenvalue weighted by molar-refractivity contribution is 0.469. The summed E-state index contributed by atoms with van der Waals surface area (Å²) in [4.78, 5) is 0.0906. The molecule has 3 N–H and O–H groups in total. The molecule has 84 valence electrons. The summed E-state index contributed by atoms with van der Waals surface area (Å²) in [5.74, 6) is 0.0796. The molecule has 0 radical (unpaired) electrons. The van der Waals surface area contributed by atoms with Crippen molar-refractivity contribution in [1.29, 1.82) is 0 Å². The predicted octanol–water partition coefficient (Wildman–Crippen LogP) is 1.47. The smallest absolute Gasteiger partial charge is 0.238 e. The summed E-state index contributed by atoms with van der Waals surface area (Å²) in [5, 5.41) is 14.6. The average molecular weight is 229 g/mol. The maximum Gasteiger partial charge on any atom is 0.238 e. The number of rotatable bonds is 2. The van der Waals surface area contributed by atoms with Gasteiger partial charge in [0, 0.05) is 0 Å². The van der Waals surface area contributed by atoms with E-state index in [1.54, 1.807) is 6.92 Å². The lowest BCUT2D eigenvalue weighted by Crippen LogP contribution is -2.15. The summed E-state index contributed by atoms with van der Waals surface area (Å²) >= 11 is 0. The van der Waals surface area contributed by atoms with Crippen molar-refractivity contribution < 1.29 is 13.5 Å². The standard InChI is InChI=1S/C10H15NO3S/c1-6(2)8-5-9(12)7(3)4-10(8)15(11,13)14/h4-6,12H,1-3H3,(H2,11,13,14). The van der Waals surface area contributed by atoms with Crippen LogP contribution in [0.2, 0.25) is 0 Å². The zero-order valence-electron chi connectivity index (χ0n) is 8.98. The molecule has 0 spiro atoms. The number of primary sulfonamides is 1. The molecule has 1 aromatic rings. The van der Waals surface area contributed by atoms with E-state index in [1.165, 1.54) is 12.1 Å². The van der Waals surface area contributed by atoms with Crippen molar-refractivity contribution >= 4 is 10.0 Å². The molecule has 0 aliphatic rings. The Kier molecular flexibility index (Phi) is 3.06. The zero-order chi connectivity index (χ0) is 11.8. The van der Waals surface area contributed by atoms with Crippen molar-refractivity contribution in [1.82, 2.24) is 0 Å². The van der Waals surface area contributed by atoms with Gasteiger partial charge in [-0.3, -0.25) is 0 Å². The second kappa shape index (κ2) is 3.83. The second-order valence-electron chi connectivity index (χ2n) is 3.88. The number of benzene rings is 1. The van der Waals surface area contributed by atoms with E-state index in [4.69, 9.17) is 5.14 Å². The fourth-order valence-electron chi connectivity index (χ4n) is 1.38. The number of nitrogens with two attached hydrogens (primary N) is 1. The Morgan fingerprint density at radius 2 is 1.87 bits per heavy atom. The average Bonchev–Trinajstić information content (AvgIpc) is 2.06. The molecule has 0 bridgehead atoms. The van der Waals surface area contributed by atoms with Crippen LogP contribution in [0.25, 0.3) is 0 Å². The first-order valence-corrected chi connectivity index (χ1v) is 6.14. The summed E-state index contributed by atoms with van der Waals surface area (Å²) < 4.78 is 22.6. The highest BCUT2D eigenvalue weighted by molar-refractivity contribution is 7.89. The van der Waals surface area contributed by atoms with E-state index in [0.717, 1.165) is 0 Å². The fraction of sp³-hybridized carbons (Fsp3) is 0.400. The van der Waals surface area contributed by atoms with Crippen LogP contribution in [0.3, 0.4) is 0 Å². The van der Waals surface area contributed by atoms with Gasteiger partial charge in [0.1, 0.15) is 5.75 Å². The number of phenolic OH excluding ortho intramolecular Hbond substituents is 1. The number of phenols is 1. The summed E-state index contributed by atoms with van der Waals surface area (Å²) in [6.45, 7) is 5.33. The van der Waals surface area contributed by atoms with Crippen molar-refractivity contribution in [2.24, 2.45) is 5.14 Å². The molecule has 1 aromatic carbocycles. The summed E-state index contributed by atoms with van der Waals surface area (Å²) in [7, 11) is -3.73. The number of sulfonamides is 1. The van der Waals surface area contributed by atoms with Crippen LogP contribution in [0.15, 0.2) is 17.0 Å². The maximum absolute atomic E-state index is 11.3. The first kappa shape index (κ1) is 12.0. The van der Waals surface area contributed by atoms with E-state index >= 15 is 0 Å². The molecule has 0 aliphatic carbocycles.